The van der Waals surface area contributed by atoms with Gasteiger partial charge in [0.1, 0.15) is 0 Å². The summed E-state index contributed by atoms with van der Waals surface area (Å²) in [5.74, 6) is 0.580. The first kappa shape index (κ1) is 18.8. The average Bonchev–Trinajstić information content (AvgIpc) is 2.73. The number of nitrogens with two attached hydrogens (primary N) is 1. The van der Waals surface area contributed by atoms with E-state index < -0.39 is 0 Å². The van der Waals surface area contributed by atoms with Crippen molar-refractivity contribution in [2.75, 3.05) is 44.7 Å². The van der Waals surface area contributed by atoms with Crippen LogP contribution in [0.3, 0.4) is 0 Å². The minimum Gasteiger partial charge on any atom is -0.342 e. The lowest BCUT2D eigenvalue weighted by Crippen LogP contribution is -2.46. The Balaban J connectivity index is 1.69. The van der Waals surface area contributed by atoms with E-state index in [9.17, 15) is 9.59 Å². The second-order valence-electron chi connectivity index (χ2n) is 6.55. The Morgan fingerprint density at radius 1 is 1.19 bits per heavy atom. The molecule has 0 saturated carbocycles. The van der Waals surface area contributed by atoms with Crippen molar-refractivity contribution in [1.82, 2.24) is 19.8 Å². The molecular weight excluding hydrogens is 344 g/mol. The van der Waals surface area contributed by atoms with Gasteiger partial charge in [-0.25, -0.2) is 9.97 Å². The minimum atomic E-state index is -0.0947. The molecule has 0 radical (unpaired) electrons. The maximum absolute atomic E-state index is 11.7. The van der Waals surface area contributed by atoms with Gasteiger partial charge in [0, 0.05) is 57.7 Å². The summed E-state index contributed by atoms with van der Waals surface area (Å²) in [4.78, 5) is 36.9. The normalized spacial score (nSPS) is 14.1. The van der Waals surface area contributed by atoms with Gasteiger partial charge in [0.25, 0.3) is 0 Å². The van der Waals surface area contributed by atoms with Crippen LogP contribution in [-0.2, 0) is 16.1 Å². The van der Waals surface area contributed by atoms with Gasteiger partial charge in [-0.3, -0.25) is 9.59 Å². The molecule has 8 heteroatoms. The Kier molecular flexibility index (Phi) is 5.97. The van der Waals surface area contributed by atoms with Crippen molar-refractivity contribution < 1.29 is 9.59 Å². The largest absolute Gasteiger partial charge is 0.342 e. The smallest absolute Gasteiger partial charge is 0.236 e. The van der Waals surface area contributed by atoms with Crippen LogP contribution in [0.2, 0.25) is 0 Å². The molecule has 1 aliphatic rings. The van der Waals surface area contributed by atoms with Gasteiger partial charge < -0.3 is 20.4 Å². The van der Waals surface area contributed by atoms with E-state index in [1.165, 1.54) is 0 Å². The van der Waals surface area contributed by atoms with Gasteiger partial charge in [0.05, 0.1) is 6.54 Å². The van der Waals surface area contributed by atoms with E-state index in [1.807, 2.05) is 36.7 Å². The lowest BCUT2D eigenvalue weighted by Gasteiger charge is -2.32. The van der Waals surface area contributed by atoms with Crippen LogP contribution in [0.5, 0.6) is 0 Å². The number of nitrogens with zero attached hydrogens (tertiary/aromatic N) is 5. The Morgan fingerprint density at radius 3 is 2.52 bits per heavy atom. The molecule has 0 atom stereocenters. The number of carbonyl (C=O) groups is 2. The van der Waals surface area contributed by atoms with Gasteiger partial charge >= 0.3 is 0 Å². The van der Waals surface area contributed by atoms with E-state index in [2.05, 4.69) is 14.9 Å². The molecule has 1 aliphatic heterocycles. The molecule has 2 N–H and O–H groups in total. The Labute approximate surface area is 158 Å². The van der Waals surface area contributed by atoms with E-state index in [1.54, 1.807) is 16.8 Å². The number of aromatic nitrogens is 2. The van der Waals surface area contributed by atoms with Gasteiger partial charge in [0.2, 0.25) is 18.3 Å². The highest BCUT2D eigenvalue weighted by atomic mass is 16.2. The highest BCUT2D eigenvalue weighted by molar-refractivity contribution is 5.77. The first-order valence-corrected chi connectivity index (χ1v) is 8.90. The number of piperazine rings is 1. The zero-order valence-electron chi connectivity index (χ0n) is 15.4. The Morgan fingerprint density at radius 2 is 1.89 bits per heavy atom. The Hall–Kier alpha value is -3.00. The van der Waals surface area contributed by atoms with Crippen molar-refractivity contribution in [2.45, 2.75) is 6.54 Å². The molecule has 0 spiro atoms. The van der Waals surface area contributed by atoms with E-state index in [4.69, 9.17) is 5.73 Å². The van der Waals surface area contributed by atoms with Gasteiger partial charge in [-0.15, -0.1) is 0 Å². The third kappa shape index (κ3) is 4.59. The number of benzene rings is 1. The molecule has 0 bridgehead atoms. The van der Waals surface area contributed by atoms with Crippen LogP contribution in [0.25, 0.3) is 11.1 Å². The number of likely N-dealkylation sites (N-methyl/N-ethyl adjacent to an activating group) is 1. The van der Waals surface area contributed by atoms with Crippen molar-refractivity contribution in [3.63, 3.8) is 0 Å². The second-order valence-corrected chi connectivity index (χ2v) is 6.55. The maximum Gasteiger partial charge on any atom is 0.236 e. The number of anilines is 1. The molecule has 1 aromatic carbocycles. The van der Waals surface area contributed by atoms with Crippen LogP contribution in [0, 0.1) is 0 Å². The topological polar surface area (TPSA) is 95.7 Å². The minimum absolute atomic E-state index is 0.00655. The third-order valence-electron chi connectivity index (χ3n) is 4.66. The predicted molar refractivity (Wildman–Crippen MR) is 103 cm³/mol. The maximum atomic E-state index is 11.7. The van der Waals surface area contributed by atoms with Gasteiger partial charge in [-0.05, 0) is 17.2 Å². The fourth-order valence-electron chi connectivity index (χ4n) is 3.03. The summed E-state index contributed by atoms with van der Waals surface area (Å²) in [5.41, 5.74) is 8.34. The SMILES string of the molecule is CN(Cc1cccc(-c2cnc(N3CCN(C=O)CC3)nc2)c1)C(=O)CN. The number of hydrogen-bond donors (Lipinski definition) is 1. The summed E-state index contributed by atoms with van der Waals surface area (Å²) in [6, 6.07) is 7.96. The summed E-state index contributed by atoms with van der Waals surface area (Å²) in [5, 5.41) is 0. The molecule has 142 valence electrons. The average molecular weight is 368 g/mol. The van der Waals surface area contributed by atoms with Gasteiger partial charge in [0.15, 0.2) is 0 Å². The fourth-order valence-corrected chi connectivity index (χ4v) is 3.03. The van der Waals surface area contributed by atoms with Crippen molar-refractivity contribution >= 4 is 18.3 Å². The second kappa shape index (κ2) is 8.59. The molecule has 27 heavy (non-hydrogen) atoms. The van der Waals surface area contributed by atoms with Crippen LogP contribution in [0.15, 0.2) is 36.7 Å². The molecule has 2 aromatic rings. The summed E-state index contributed by atoms with van der Waals surface area (Å²) in [7, 11) is 1.74. The number of hydrogen-bond acceptors (Lipinski definition) is 6. The first-order chi connectivity index (χ1) is 13.1. The lowest BCUT2D eigenvalue weighted by molar-refractivity contribution is -0.128. The standard InChI is InChI=1S/C19H24N6O2/c1-23(18(27)10-20)13-15-3-2-4-16(9-15)17-11-21-19(22-12-17)25-7-5-24(14-26)6-8-25/h2-4,9,11-12,14H,5-8,10,13,20H2,1H3. The van der Waals surface area contributed by atoms with Crippen molar-refractivity contribution in [3.05, 3.63) is 42.2 Å². The Bertz CT molecular complexity index is 787. The molecule has 8 nitrogen and oxygen atoms in total. The molecule has 3 rings (SSSR count). The number of rotatable bonds is 6. The highest BCUT2D eigenvalue weighted by Gasteiger charge is 2.17. The lowest BCUT2D eigenvalue weighted by atomic mass is 10.1. The molecule has 0 aliphatic carbocycles. The van der Waals surface area contributed by atoms with Gasteiger partial charge in [-0.1, -0.05) is 18.2 Å². The van der Waals surface area contributed by atoms with E-state index in [0.717, 1.165) is 36.2 Å². The molecule has 1 fully saturated rings. The summed E-state index contributed by atoms with van der Waals surface area (Å²) in [6.45, 7) is 3.35. The van der Waals surface area contributed by atoms with Crippen LogP contribution in [-0.4, -0.2) is 71.9 Å². The van der Waals surface area contributed by atoms with E-state index in [-0.39, 0.29) is 12.5 Å². The summed E-state index contributed by atoms with van der Waals surface area (Å²) < 4.78 is 0. The van der Waals surface area contributed by atoms with Crippen molar-refractivity contribution in [3.8, 4) is 11.1 Å². The van der Waals surface area contributed by atoms with Crippen molar-refractivity contribution in [2.24, 2.45) is 5.73 Å². The molecule has 2 heterocycles. The number of amides is 2. The van der Waals surface area contributed by atoms with E-state index >= 15 is 0 Å². The quantitative estimate of drug-likeness (QED) is 0.739. The monoisotopic (exact) mass is 368 g/mol. The zero-order valence-corrected chi connectivity index (χ0v) is 15.4. The number of carbonyl (C=O) groups excluding carboxylic acids is 2. The molecular formula is C19H24N6O2. The van der Waals surface area contributed by atoms with Crippen LogP contribution < -0.4 is 10.6 Å². The summed E-state index contributed by atoms with van der Waals surface area (Å²) in [6.07, 6.45) is 4.50. The van der Waals surface area contributed by atoms with Crippen LogP contribution >= 0.6 is 0 Å². The molecule has 0 unspecified atom stereocenters. The van der Waals surface area contributed by atoms with Crippen molar-refractivity contribution in [1.29, 1.82) is 0 Å². The van der Waals surface area contributed by atoms with Crippen LogP contribution in [0.1, 0.15) is 5.56 Å². The third-order valence-corrected chi connectivity index (χ3v) is 4.66. The van der Waals surface area contributed by atoms with Crippen LogP contribution in [0.4, 0.5) is 5.95 Å². The fraction of sp³-hybridized carbons (Fsp3) is 0.368. The van der Waals surface area contributed by atoms with E-state index in [0.29, 0.717) is 25.6 Å². The predicted octanol–water partition coefficient (Wildman–Crippen LogP) is 0.339. The molecule has 1 aromatic heterocycles. The summed E-state index contributed by atoms with van der Waals surface area (Å²) >= 11 is 0. The molecule has 1 saturated heterocycles. The van der Waals surface area contributed by atoms with Gasteiger partial charge in [-0.2, -0.15) is 0 Å². The first-order valence-electron chi connectivity index (χ1n) is 8.90. The highest BCUT2D eigenvalue weighted by Crippen LogP contribution is 2.21. The molecule has 2 amide bonds. The zero-order chi connectivity index (χ0) is 19.2.